The lowest BCUT2D eigenvalue weighted by molar-refractivity contribution is 0.306. The minimum atomic E-state index is 0.559. The molecule has 1 N–H and O–H groups in total. The van der Waals surface area contributed by atoms with Gasteiger partial charge in [0.05, 0.1) is 11.9 Å². The van der Waals surface area contributed by atoms with Gasteiger partial charge in [0.25, 0.3) is 0 Å². The Morgan fingerprint density at radius 2 is 1.75 bits per heavy atom. The van der Waals surface area contributed by atoms with Crippen LogP contribution < -0.4 is 10.2 Å². The normalized spacial score (nSPS) is 10.7. The first-order valence-corrected chi connectivity index (χ1v) is 7.92. The van der Waals surface area contributed by atoms with Crippen LogP contribution >= 0.6 is 0 Å². The Morgan fingerprint density at radius 1 is 0.917 bits per heavy atom. The molecule has 0 fully saturated rings. The summed E-state index contributed by atoms with van der Waals surface area (Å²) in [5, 5.41) is 4.28. The van der Waals surface area contributed by atoms with Gasteiger partial charge in [-0.2, -0.15) is 5.10 Å². The van der Waals surface area contributed by atoms with E-state index in [1.54, 1.807) is 6.21 Å². The zero-order valence-electron chi connectivity index (χ0n) is 13.6. The van der Waals surface area contributed by atoms with Crippen molar-refractivity contribution in [3.8, 4) is 5.75 Å². The molecule has 3 rings (SSSR count). The van der Waals surface area contributed by atoms with Crippen LogP contribution in [-0.4, -0.2) is 6.21 Å². The molecule has 24 heavy (non-hydrogen) atoms. The molecule has 0 spiro atoms. The van der Waals surface area contributed by atoms with Crippen molar-refractivity contribution in [3.05, 3.63) is 95.6 Å². The molecule has 0 unspecified atom stereocenters. The van der Waals surface area contributed by atoms with Crippen molar-refractivity contribution in [1.29, 1.82) is 0 Å². The van der Waals surface area contributed by atoms with Gasteiger partial charge in [-0.15, -0.1) is 0 Å². The first kappa shape index (κ1) is 15.8. The lowest BCUT2D eigenvalue weighted by Gasteiger charge is -2.07. The Morgan fingerprint density at radius 3 is 2.58 bits per heavy atom. The largest absolute Gasteiger partial charge is 0.489 e. The minimum absolute atomic E-state index is 0.559. The van der Waals surface area contributed by atoms with Crippen molar-refractivity contribution in [2.75, 3.05) is 5.43 Å². The summed E-state index contributed by atoms with van der Waals surface area (Å²) in [5.41, 5.74) is 7.35. The highest BCUT2D eigenvalue weighted by molar-refractivity contribution is 5.80. The predicted octanol–water partition coefficient (Wildman–Crippen LogP) is 5.02. The number of ether oxygens (including phenoxy) is 1. The van der Waals surface area contributed by atoms with Crippen molar-refractivity contribution in [2.24, 2.45) is 5.10 Å². The molecular weight excluding hydrogens is 296 g/mol. The highest BCUT2D eigenvalue weighted by Crippen LogP contribution is 2.14. The molecule has 0 aromatic heterocycles. The van der Waals surface area contributed by atoms with Crippen LogP contribution in [-0.2, 0) is 6.61 Å². The molecule has 0 bridgehead atoms. The molecule has 0 aliphatic heterocycles. The van der Waals surface area contributed by atoms with Crippen molar-refractivity contribution in [1.82, 2.24) is 0 Å². The summed E-state index contributed by atoms with van der Waals surface area (Å²) < 4.78 is 5.83. The molecule has 3 nitrogen and oxygen atoms in total. The SMILES string of the molecule is Cc1cccc(NN=Cc2cccc(OCc3ccccc3)c2)c1. The van der Waals surface area contributed by atoms with Gasteiger partial charge in [0.2, 0.25) is 0 Å². The van der Waals surface area contributed by atoms with Crippen molar-refractivity contribution >= 4 is 11.9 Å². The number of hydrazone groups is 1. The van der Waals surface area contributed by atoms with Gasteiger partial charge in [-0.1, -0.05) is 54.6 Å². The van der Waals surface area contributed by atoms with E-state index in [0.717, 1.165) is 22.6 Å². The highest BCUT2D eigenvalue weighted by atomic mass is 16.5. The Hall–Kier alpha value is -3.07. The van der Waals surface area contributed by atoms with E-state index >= 15 is 0 Å². The molecule has 0 saturated carbocycles. The monoisotopic (exact) mass is 316 g/mol. The second-order valence-corrected chi connectivity index (χ2v) is 5.59. The average molecular weight is 316 g/mol. The molecule has 3 heteroatoms. The van der Waals surface area contributed by atoms with Crippen LogP contribution in [0.15, 0.2) is 84.0 Å². The van der Waals surface area contributed by atoms with E-state index < -0.39 is 0 Å². The Labute approximate surface area is 142 Å². The third kappa shape index (κ3) is 4.71. The molecule has 120 valence electrons. The maximum Gasteiger partial charge on any atom is 0.120 e. The van der Waals surface area contributed by atoms with E-state index in [2.05, 4.69) is 41.7 Å². The second kappa shape index (κ2) is 7.97. The summed E-state index contributed by atoms with van der Waals surface area (Å²) >= 11 is 0. The molecule has 0 aliphatic rings. The molecular formula is C21H20N2O. The zero-order valence-corrected chi connectivity index (χ0v) is 13.6. The number of hydrogen-bond donors (Lipinski definition) is 1. The van der Waals surface area contributed by atoms with Gasteiger partial charge in [-0.25, -0.2) is 0 Å². The number of benzene rings is 3. The lowest BCUT2D eigenvalue weighted by Crippen LogP contribution is -1.96. The maximum absolute atomic E-state index is 5.83. The second-order valence-electron chi connectivity index (χ2n) is 5.59. The van der Waals surface area contributed by atoms with E-state index in [4.69, 9.17) is 4.74 Å². The van der Waals surface area contributed by atoms with Crippen LogP contribution in [0.2, 0.25) is 0 Å². The third-order valence-corrected chi connectivity index (χ3v) is 3.53. The molecule has 0 aliphatic carbocycles. The van der Waals surface area contributed by atoms with Gasteiger partial charge < -0.3 is 4.74 Å². The van der Waals surface area contributed by atoms with E-state index in [9.17, 15) is 0 Å². The van der Waals surface area contributed by atoms with E-state index in [1.807, 2.05) is 54.6 Å². The van der Waals surface area contributed by atoms with E-state index in [1.165, 1.54) is 5.56 Å². The van der Waals surface area contributed by atoms with Gasteiger partial charge in [0.1, 0.15) is 12.4 Å². The maximum atomic E-state index is 5.83. The fourth-order valence-electron chi connectivity index (χ4n) is 2.32. The summed E-state index contributed by atoms with van der Waals surface area (Å²) in [5.74, 6) is 0.832. The van der Waals surface area contributed by atoms with Crippen molar-refractivity contribution in [3.63, 3.8) is 0 Å². The van der Waals surface area contributed by atoms with Gasteiger partial charge in [-0.3, -0.25) is 5.43 Å². The number of nitrogens with zero attached hydrogens (tertiary/aromatic N) is 1. The van der Waals surface area contributed by atoms with Gasteiger partial charge >= 0.3 is 0 Å². The first-order chi connectivity index (χ1) is 11.8. The van der Waals surface area contributed by atoms with E-state index in [-0.39, 0.29) is 0 Å². The molecule has 3 aromatic carbocycles. The zero-order chi connectivity index (χ0) is 16.6. The lowest BCUT2D eigenvalue weighted by atomic mass is 10.2. The summed E-state index contributed by atoms with van der Waals surface area (Å²) in [7, 11) is 0. The van der Waals surface area contributed by atoms with Crippen LogP contribution in [0.4, 0.5) is 5.69 Å². The van der Waals surface area contributed by atoms with Crippen LogP contribution in [0.1, 0.15) is 16.7 Å². The van der Waals surface area contributed by atoms with Crippen LogP contribution in [0.5, 0.6) is 5.75 Å². The number of nitrogens with one attached hydrogen (secondary N) is 1. The van der Waals surface area contributed by atoms with Crippen LogP contribution in [0.25, 0.3) is 0 Å². The molecule has 0 atom stereocenters. The van der Waals surface area contributed by atoms with Gasteiger partial charge in [-0.05, 0) is 47.9 Å². The molecule has 0 saturated heterocycles. The Kier molecular flexibility index (Phi) is 5.25. The van der Waals surface area contributed by atoms with Gasteiger partial charge in [0, 0.05) is 0 Å². The number of hydrogen-bond acceptors (Lipinski definition) is 3. The third-order valence-electron chi connectivity index (χ3n) is 3.53. The summed E-state index contributed by atoms with van der Waals surface area (Å²) in [4.78, 5) is 0. The standard InChI is InChI=1S/C21H20N2O/c1-17-7-5-11-20(13-17)23-22-15-19-10-6-12-21(14-19)24-16-18-8-3-2-4-9-18/h2-15,23H,16H2,1H3. The molecule has 3 aromatic rings. The smallest absolute Gasteiger partial charge is 0.120 e. The fourth-order valence-corrected chi connectivity index (χ4v) is 2.32. The summed E-state index contributed by atoms with van der Waals surface area (Å²) in [6.07, 6.45) is 1.79. The summed E-state index contributed by atoms with van der Waals surface area (Å²) in [6.45, 7) is 2.62. The Bertz CT molecular complexity index is 813. The van der Waals surface area contributed by atoms with E-state index in [0.29, 0.717) is 6.61 Å². The number of anilines is 1. The van der Waals surface area contributed by atoms with Gasteiger partial charge in [0.15, 0.2) is 0 Å². The van der Waals surface area contributed by atoms with Crippen molar-refractivity contribution in [2.45, 2.75) is 13.5 Å². The van der Waals surface area contributed by atoms with Crippen LogP contribution in [0.3, 0.4) is 0 Å². The number of rotatable bonds is 6. The topological polar surface area (TPSA) is 33.6 Å². The predicted molar refractivity (Wildman–Crippen MR) is 99.6 cm³/mol. The molecule has 0 heterocycles. The van der Waals surface area contributed by atoms with Crippen LogP contribution in [0, 0.1) is 6.92 Å². The summed E-state index contributed by atoms with van der Waals surface area (Å²) in [6, 6.07) is 26.1. The minimum Gasteiger partial charge on any atom is -0.489 e. The fraction of sp³-hybridized carbons (Fsp3) is 0.0952. The first-order valence-electron chi connectivity index (χ1n) is 7.92. The number of aryl methyl sites for hydroxylation is 1. The highest BCUT2D eigenvalue weighted by Gasteiger charge is 1.97. The quantitative estimate of drug-likeness (QED) is 0.512. The average Bonchev–Trinajstić information content (AvgIpc) is 2.61. The molecule has 0 radical (unpaired) electrons. The Balaban J connectivity index is 1.59. The molecule has 0 amide bonds. The van der Waals surface area contributed by atoms with Crippen molar-refractivity contribution < 1.29 is 4.74 Å².